The molecule has 0 radical (unpaired) electrons. The van der Waals surface area contributed by atoms with Crippen molar-refractivity contribution >= 4 is 27.7 Å². The molecule has 86 valence electrons. The zero-order valence-electron chi connectivity index (χ0n) is 9.52. The quantitative estimate of drug-likeness (QED) is 0.875. The van der Waals surface area contributed by atoms with Gasteiger partial charge < -0.3 is 5.32 Å². The molecule has 0 saturated carbocycles. The number of hydrogen-bond acceptors (Lipinski definition) is 3. The lowest BCUT2D eigenvalue weighted by atomic mass is 10.0. The molecule has 2 aromatic rings. The molecule has 1 heterocycles. The van der Waals surface area contributed by atoms with Gasteiger partial charge in [-0.2, -0.15) is 0 Å². The highest BCUT2D eigenvalue weighted by molar-refractivity contribution is 8.14. The van der Waals surface area contributed by atoms with Gasteiger partial charge in [0.1, 0.15) is 0 Å². The summed E-state index contributed by atoms with van der Waals surface area (Å²) in [7, 11) is 0. The second kappa shape index (κ2) is 4.80. The van der Waals surface area contributed by atoms with E-state index in [4.69, 9.17) is 0 Å². The molecular weight excluding hydrogens is 228 g/mol. The summed E-state index contributed by atoms with van der Waals surface area (Å²) >= 11 is 1.81. The van der Waals surface area contributed by atoms with E-state index >= 15 is 0 Å². The summed E-state index contributed by atoms with van der Waals surface area (Å²) in [6.07, 6.45) is 0. The van der Waals surface area contributed by atoms with Gasteiger partial charge in [0.15, 0.2) is 5.17 Å². The van der Waals surface area contributed by atoms with E-state index in [2.05, 4.69) is 52.8 Å². The van der Waals surface area contributed by atoms with E-state index in [0.717, 1.165) is 24.0 Å². The Balaban J connectivity index is 1.84. The van der Waals surface area contributed by atoms with E-state index in [0.29, 0.717) is 0 Å². The molecule has 0 bridgehead atoms. The number of fused-ring (bicyclic) bond motifs is 1. The van der Waals surface area contributed by atoms with Gasteiger partial charge in [-0.15, -0.1) is 0 Å². The van der Waals surface area contributed by atoms with Gasteiger partial charge in [-0.05, 0) is 16.3 Å². The fraction of sp³-hybridized carbons (Fsp3) is 0.214. The number of hydrogen-bond donors (Lipinski definition) is 1. The second-order valence-electron chi connectivity index (χ2n) is 4.03. The van der Waals surface area contributed by atoms with Crippen LogP contribution in [0, 0.1) is 0 Å². The molecule has 0 atom stereocenters. The van der Waals surface area contributed by atoms with Gasteiger partial charge in [0.25, 0.3) is 0 Å². The Labute approximate surface area is 105 Å². The number of amidine groups is 1. The molecule has 3 heteroatoms. The van der Waals surface area contributed by atoms with Crippen molar-refractivity contribution in [2.24, 2.45) is 4.99 Å². The smallest absolute Gasteiger partial charge is 0.156 e. The first-order valence-electron chi connectivity index (χ1n) is 5.81. The van der Waals surface area contributed by atoms with E-state index in [-0.39, 0.29) is 0 Å². The largest absolute Gasteiger partial charge is 0.361 e. The lowest BCUT2D eigenvalue weighted by Gasteiger charge is -2.08. The van der Waals surface area contributed by atoms with Crippen molar-refractivity contribution in [1.29, 1.82) is 0 Å². The normalized spacial score (nSPS) is 14.9. The topological polar surface area (TPSA) is 24.4 Å². The zero-order chi connectivity index (χ0) is 11.5. The highest BCUT2D eigenvalue weighted by Gasteiger charge is 2.06. The molecule has 1 N–H and O–H groups in total. The monoisotopic (exact) mass is 242 g/mol. The number of rotatable bonds is 2. The third kappa shape index (κ3) is 2.29. The molecule has 3 rings (SSSR count). The van der Waals surface area contributed by atoms with E-state index in [1.54, 1.807) is 11.8 Å². The first-order chi connectivity index (χ1) is 8.43. The molecule has 0 aromatic heterocycles. The maximum atomic E-state index is 4.40. The lowest BCUT2D eigenvalue weighted by molar-refractivity contribution is 0.931. The van der Waals surface area contributed by atoms with Crippen LogP contribution in [0.3, 0.4) is 0 Å². The van der Waals surface area contributed by atoms with Crippen LogP contribution in [0.5, 0.6) is 0 Å². The van der Waals surface area contributed by atoms with E-state index in [1.165, 1.54) is 16.3 Å². The molecule has 0 amide bonds. The summed E-state index contributed by atoms with van der Waals surface area (Å²) in [5.41, 5.74) is 1.33. The van der Waals surface area contributed by atoms with Crippen molar-refractivity contribution in [2.75, 3.05) is 12.3 Å². The average Bonchev–Trinajstić information content (AvgIpc) is 2.89. The van der Waals surface area contributed by atoms with Gasteiger partial charge in [-0.1, -0.05) is 54.2 Å². The molecule has 1 aliphatic heterocycles. The Kier molecular flexibility index (Phi) is 3.01. The minimum atomic E-state index is 0.854. The molecule has 1 aliphatic rings. The predicted octanol–water partition coefficient (Wildman–Crippen LogP) is 3.03. The molecular formula is C14H14N2S. The van der Waals surface area contributed by atoms with Crippen molar-refractivity contribution in [2.45, 2.75) is 6.54 Å². The standard InChI is InChI=1S/C14H14N2S/c1-2-7-13-11(4-1)5-3-6-12(13)10-16-14-15-8-9-17-14/h1-7H,8-10H2,(H,15,16). The van der Waals surface area contributed by atoms with Crippen LogP contribution < -0.4 is 5.32 Å². The number of nitrogens with one attached hydrogen (secondary N) is 1. The lowest BCUT2D eigenvalue weighted by Crippen LogP contribution is -2.18. The first-order valence-corrected chi connectivity index (χ1v) is 6.80. The summed E-state index contributed by atoms with van der Waals surface area (Å²) in [6.45, 7) is 1.80. The Morgan fingerprint density at radius 1 is 1.12 bits per heavy atom. The number of nitrogens with zero attached hydrogens (tertiary/aromatic N) is 1. The third-order valence-corrected chi connectivity index (χ3v) is 3.83. The van der Waals surface area contributed by atoms with Crippen LogP contribution in [0.1, 0.15) is 5.56 Å². The van der Waals surface area contributed by atoms with Crippen molar-refractivity contribution in [3.05, 3.63) is 48.0 Å². The van der Waals surface area contributed by atoms with Crippen molar-refractivity contribution in [3.8, 4) is 0 Å². The van der Waals surface area contributed by atoms with Crippen molar-refractivity contribution < 1.29 is 0 Å². The van der Waals surface area contributed by atoms with Gasteiger partial charge in [0, 0.05) is 12.3 Å². The number of aliphatic imine (C=N–C) groups is 1. The summed E-state index contributed by atoms with van der Waals surface area (Å²) in [5.74, 6) is 1.11. The third-order valence-electron chi connectivity index (χ3n) is 2.90. The van der Waals surface area contributed by atoms with Crippen LogP contribution in [-0.4, -0.2) is 17.5 Å². The maximum Gasteiger partial charge on any atom is 0.156 e. The average molecular weight is 242 g/mol. The Morgan fingerprint density at radius 2 is 2.00 bits per heavy atom. The minimum Gasteiger partial charge on any atom is -0.361 e. The van der Waals surface area contributed by atoms with Gasteiger partial charge in [0.2, 0.25) is 0 Å². The van der Waals surface area contributed by atoms with Gasteiger partial charge in [-0.25, -0.2) is 0 Å². The molecule has 17 heavy (non-hydrogen) atoms. The fourth-order valence-electron chi connectivity index (χ4n) is 2.06. The minimum absolute atomic E-state index is 0.854. The zero-order valence-corrected chi connectivity index (χ0v) is 10.3. The summed E-state index contributed by atoms with van der Waals surface area (Å²) < 4.78 is 0. The molecule has 0 saturated heterocycles. The van der Waals surface area contributed by atoms with Crippen LogP contribution in [0.25, 0.3) is 10.8 Å². The van der Waals surface area contributed by atoms with Crippen LogP contribution in [0.2, 0.25) is 0 Å². The van der Waals surface area contributed by atoms with Crippen LogP contribution in [0.15, 0.2) is 47.5 Å². The molecule has 0 aliphatic carbocycles. The van der Waals surface area contributed by atoms with Crippen LogP contribution in [-0.2, 0) is 6.54 Å². The molecule has 2 aromatic carbocycles. The van der Waals surface area contributed by atoms with Crippen LogP contribution >= 0.6 is 11.8 Å². The summed E-state index contributed by atoms with van der Waals surface area (Å²) in [5, 5.41) is 7.11. The highest BCUT2D eigenvalue weighted by atomic mass is 32.2. The van der Waals surface area contributed by atoms with E-state index in [1.807, 2.05) is 0 Å². The Hall–Kier alpha value is -1.48. The fourth-order valence-corrected chi connectivity index (χ4v) is 2.79. The number of thioether (sulfide) groups is 1. The van der Waals surface area contributed by atoms with Crippen molar-refractivity contribution in [1.82, 2.24) is 5.32 Å². The van der Waals surface area contributed by atoms with E-state index < -0.39 is 0 Å². The van der Waals surface area contributed by atoms with Gasteiger partial charge in [-0.3, -0.25) is 4.99 Å². The molecule has 0 spiro atoms. The van der Waals surface area contributed by atoms with Gasteiger partial charge in [0.05, 0.1) is 6.54 Å². The summed E-state index contributed by atoms with van der Waals surface area (Å²) in [4.78, 5) is 4.40. The Morgan fingerprint density at radius 3 is 2.88 bits per heavy atom. The molecule has 2 nitrogen and oxygen atoms in total. The first kappa shape index (κ1) is 10.7. The molecule has 0 fully saturated rings. The predicted molar refractivity (Wildman–Crippen MR) is 75.5 cm³/mol. The SMILES string of the molecule is c1ccc2c(CNC3=NCCS3)cccc2c1. The number of benzene rings is 2. The maximum absolute atomic E-state index is 4.40. The van der Waals surface area contributed by atoms with E-state index in [9.17, 15) is 0 Å². The highest BCUT2D eigenvalue weighted by Crippen LogP contribution is 2.19. The Bertz CT molecular complexity index is 558. The summed E-state index contributed by atoms with van der Waals surface area (Å²) in [6, 6.07) is 14.9. The second-order valence-corrected chi connectivity index (χ2v) is 5.11. The van der Waals surface area contributed by atoms with Crippen LogP contribution in [0.4, 0.5) is 0 Å². The van der Waals surface area contributed by atoms with Crippen molar-refractivity contribution in [3.63, 3.8) is 0 Å². The van der Waals surface area contributed by atoms with Gasteiger partial charge >= 0.3 is 0 Å². The molecule has 0 unspecified atom stereocenters.